The lowest BCUT2D eigenvalue weighted by Crippen LogP contribution is -2.25. The molecule has 0 bridgehead atoms. The van der Waals surface area contributed by atoms with Gasteiger partial charge in [-0.2, -0.15) is 0 Å². The summed E-state index contributed by atoms with van der Waals surface area (Å²) in [7, 11) is 1.50. The van der Waals surface area contributed by atoms with Crippen molar-refractivity contribution in [2.75, 3.05) is 13.8 Å². The number of hydrogen-bond acceptors (Lipinski definition) is 6. The maximum absolute atomic E-state index is 15.1. The van der Waals surface area contributed by atoms with Crippen molar-refractivity contribution in [3.8, 4) is 28.4 Å². The molecule has 11 heteroatoms. The molecule has 0 fully saturated rings. The van der Waals surface area contributed by atoms with Crippen LogP contribution in [0.5, 0.6) is 17.2 Å². The Kier molecular flexibility index (Phi) is 8.01. The van der Waals surface area contributed by atoms with E-state index in [1.165, 1.54) is 61.5 Å². The number of rotatable bonds is 9. The van der Waals surface area contributed by atoms with Crippen molar-refractivity contribution < 1.29 is 31.8 Å². The highest BCUT2D eigenvalue weighted by molar-refractivity contribution is 5.99. The molecule has 7 nitrogen and oxygen atoms in total. The van der Waals surface area contributed by atoms with Gasteiger partial charge >= 0.3 is 0 Å². The first-order chi connectivity index (χ1) is 20.2. The second-order valence-electron chi connectivity index (χ2n) is 9.36. The number of benzene rings is 2. The third-order valence-corrected chi connectivity index (χ3v) is 6.72. The molecule has 2 aromatic carbocycles. The van der Waals surface area contributed by atoms with E-state index in [9.17, 15) is 22.8 Å². The van der Waals surface area contributed by atoms with Crippen LogP contribution in [0.3, 0.4) is 0 Å². The smallest absolute Gasteiger partial charge is 0.200 e. The number of aryl methyl sites for hydroxylation is 1. The zero-order valence-corrected chi connectivity index (χ0v) is 22.5. The van der Waals surface area contributed by atoms with Crippen LogP contribution in [0.4, 0.5) is 17.6 Å². The molecule has 3 heterocycles. The number of ketones is 1. The molecule has 5 aromatic rings. The Balaban J connectivity index is 1.45. The highest BCUT2D eigenvalue weighted by atomic mass is 19.2. The highest BCUT2D eigenvalue weighted by Gasteiger charge is 2.22. The van der Waals surface area contributed by atoms with Gasteiger partial charge in [0.1, 0.15) is 17.9 Å². The lowest BCUT2D eigenvalue weighted by molar-refractivity contribution is 0.0990. The average Bonchev–Trinajstić information content (AvgIpc) is 2.97. The molecular formula is C31H23F4N3O4. The number of nitrogens with zero attached hydrogens (tertiary/aromatic N) is 3. The van der Waals surface area contributed by atoms with Crippen molar-refractivity contribution in [1.29, 1.82) is 0 Å². The van der Waals surface area contributed by atoms with Crippen molar-refractivity contribution in [2.24, 2.45) is 0 Å². The number of hydrogen-bond donors (Lipinski definition) is 0. The molecule has 0 unspecified atom stereocenters. The van der Waals surface area contributed by atoms with Gasteiger partial charge in [0.05, 0.1) is 30.9 Å². The second kappa shape index (κ2) is 11.8. The molecule has 0 aliphatic heterocycles. The Morgan fingerprint density at radius 1 is 0.952 bits per heavy atom. The maximum Gasteiger partial charge on any atom is 0.200 e. The van der Waals surface area contributed by atoms with Gasteiger partial charge in [0.15, 0.2) is 40.2 Å². The summed E-state index contributed by atoms with van der Waals surface area (Å²) < 4.78 is 68.1. The van der Waals surface area contributed by atoms with Crippen LogP contribution in [0, 0.1) is 24.4 Å². The first-order valence-electron chi connectivity index (χ1n) is 12.7. The van der Waals surface area contributed by atoms with E-state index in [2.05, 4.69) is 9.97 Å². The highest BCUT2D eigenvalue weighted by Crippen LogP contribution is 2.31. The third kappa shape index (κ3) is 5.58. The third-order valence-electron chi connectivity index (χ3n) is 6.72. The molecule has 5 rings (SSSR count). The van der Waals surface area contributed by atoms with Gasteiger partial charge in [0, 0.05) is 42.2 Å². The van der Waals surface area contributed by atoms with Crippen molar-refractivity contribution in [3.05, 3.63) is 112 Å². The van der Waals surface area contributed by atoms with Gasteiger partial charge in [0.2, 0.25) is 0 Å². The second-order valence-corrected chi connectivity index (χ2v) is 9.36. The fourth-order valence-corrected chi connectivity index (χ4v) is 4.59. The van der Waals surface area contributed by atoms with E-state index in [1.54, 1.807) is 6.07 Å². The number of alkyl halides is 1. The number of methoxy groups -OCH3 is 1. The van der Waals surface area contributed by atoms with E-state index in [-0.39, 0.29) is 52.4 Å². The van der Waals surface area contributed by atoms with Crippen molar-refractivity contribution in [2.45, 2.75) is 19.9 Å². The van der Waals surface area contributed by atoms with Crippen LogP contribution in [-0.2, 0) is 13.0 Å². The van der Waals surface area contributed by atoms with Crippen molar-refractivity contribution in [1.82, 2.24) is 14.5 Å². The Labute approximate surface area is 237 Å². The minimum atomic E-state index is -1.18. The largest absolute Gasteiger partial charge is 0.495 e. The first-order valence-corrected chi connectivity index (χ1v) is 12.7. The standard InChI is InChI=1S/C31H23F4N3O4/c1-17-29(31(40)21(16-38(17)10-8-32)19-4-5-22(33)23(34)13-19)26(39)12-18-3-6-27(24(35)11-18)42-28-7-9-36-25-14-20(41-2)15-37-30(25)28/h3-7,9,11,13-16H,8,10,12H2,1-2H3. The van der Waals surface area contributed by atoms with Crippen LogP contribution in [0.15, 0.2) is 71.9 Å². The van der Waals surface area contributed by atoms with Crippen LogP contribution >= 0.6 is 0 Å². The zero-order valence-electron chi connectivity index (χ0n) is 22.5. The van der Waals surface area contributed by atoms with E-state index in [1.807, 2.05) is 0 Å². The molecule has 0 N–H and O–H groups in total. The number of carbonyl (C=O) groups is 1. The monoisotopic (exact) mass is 577 g/mol. The molecule has 0 aliphatic rings. The summed E-state index contributed by atoms with van der Waals surface area (Å²) in [6, 6.07) is 10.0. The van der Waals surface area contributed by atoms with Crippen molar-refractivity contribution >= 4 is 16.8 Å². The van der Waals surface area contributed by atoms with E-state index in [0.29, 0.717) is 16.8 Å². The Morgan fingerprint density at radius 3 is 2.48 bits per heavy atom. The number of ether oxygens (including phenoxy) is 2. The molecule has 0 spiro atoms. The minimum absolute atomic E-state index is 0.0321. The van der Waals surface area contributed by atoms with Gasteiger partial charge in [-0.15, -0.1) is 0 Å². The van der Waals surface area contributed by atoms with Crippen LogP contribution in [0.2, 0.25) is 0 Å². The van der Waals surface area contributed by atoms with Gasteiger partial charge in [-0.1, -0.05) is 12.1 Å². The van der Waals surface area contributed by atoms with E-state index >= 15 is 4.39 Å². The van der Waals surface area contributed by atoms with Gasteiger partial charge in [-0.3, -0.25) is 14.6 Å². The molecule has 0 saturated heterocycles. The van der Waals surface area contributed by atoms with Crippen LogP contribution in [0.1, 0.15) is 21.6 Å². The maximum atomic E-state index is 15.1. The summed E-state index contributed by atoms with van der Waals surface area (Å²) in [6.07, 6.45) is 3.91. The van der Waals surface area contributed by atoms with E-state index in [0.717, 1.165) is 18.2 Å². The van der Waals surface area contributed by atoms with Crippen LogP contribution < -0.4 is 14.9 Å². The number of halogens is 4. The van der Waals surface area contributed by atoms with Gasteiger partial charge in [-0.25, -0.2) is 22.5 Å². The fourth-order valence-electron chi connectivity index (χ4n) is 4.59. The molecule has 214 valence electrons. The zero-order chi connectivity index (χ0) is 30.0. The SMILES string of the molecule is COc1cnc2c(Oc3ccc(CC(=O)c4c(C)n(CCF)cc(-c5ccc(F)c(F)c5)c4=O)cc3F)ccnc2c1. The lowest BCUT2D eigenvalue weighted by Gasteiger charge is -2.16. The van der Waals surface area contributed by atoms with Gasteiger partial charge in [0.25, 0.3) is 0 Å². The number of aromatic nitrogens is 3. The molecule has 42 heavy (non-hydrogen) atoms. The summed E-state index contributed by atoms with van der Waals surface area (Å²) in [4.78, 5) is 35.3. The summed E-state index contributed by atoms with van der Waals surface area (Å²) >= 11 is 0. The number of fused-ring (bicyclic) bond motifs is 1. The van der Waals surface area contributed by atoms with Gasteiger partial charge in [-0.05, 0) is 42.3 Å². The summed E-state index contributed by atoms with van der Waals surface area (Å²) in [5.74, 6) is -3.07. The first kappa shape index (κ1) is 28.5. The predicted molar refractivity (Wildman–Crippen MR) is 147 cm³/mol. The molecule has 3 aromatic heterocycles. The Bertz CT molecular complexity index is 1890. The molecule has 0 radical (unpaired) electrons. The number of pyridine rings is 3. The number of Topliss-reactive ketones (excluding diaryl/α,β-unsaturated/α-hetero) is 1. The van der Waals surface area contributed by atoms with Crippen LogP contribution in [0.25, 0.3) is 22.2 Å². The molecule has 0 amide bonds. The van der Waals surface area contributed by atoms with Crippen molar-refractivity contribution in [3.63, 3.8) is 0 Å². The normalized spacial score (nSPS) is 11.1. The summed E-state index contributed by atoms with van der Waals surface area (Å²) in [5, 5.41) is 0. The Morgan fingerprint density at radius 2 is 1.76 bits per heavy atom. The summed E-state index contributed by atoms with van der Waals surface area (Å²) in [6.45, 7) is 0.519. The predicted octanol–water partition coefficient (Wildman–Crippen LogP) is 6.38. The molecule has 0 saturated carbocycles. The molecule has 0 atom stereocenters. The average molecular weight is 578 g/mol. The quantitative estimate of drug-likeness (QED) is 0.149. The van der Waals surface area contributed by atoms with E-state index < -0.39 is 35.3 Å². The lowest BCUT2D eigenvalue weighted by atomic mass is 9.97. The van der Waals surface area contributed by atoms with Gasteiger partial charge < -0.3 is 14.0 Å². The topological polar surface area (TPSA) is 83.3 Å². The molecule has 0 aliphatic carbocycles. The fraction of sp³-hybridized carbons (Fsp3) is 0.161. The van der Waals surface area contributed by atoms with E-state index in [4.69, 9.17) is 9.47 Å². The Hall–Kier alpha value is -5.06. The number of carbonyl (C=O) groups excluding carboxylic acids is 1. The summed E-state index contributed by atoms with van der Waals surface area (Å²) in [5.41, 5.74) is 0.270. The van der Waals surface area contributed by atoms with Crippen LogP contribution in [-0.4, -0.2) is 34.1 Å². The molecular weight excluding hydrogens is 554 g/mol. The minimum Gasteiger partial charge on any atom is -0.495 e.